The molecule has 0 unspecified atom stereocenters. The van der Waals surface area contributed by atoms with Crippen LogP contribution in [0.5, 0.6) is 0 Å². The smallest absolute Gasteiger partial charge is 0.139 e. The van der Waals surface area contributed by atoms with E-state index in [0.29, 0.717) is 0 Å². The summed E-state index contributed by atoms with van der Waals surface area (Å²) in [6, 6.07) is 10.7. The van der Waals surface area contributed by atoms with E-state index in [0.717, 1.165) is 57.0 Å². The van der Waals surface area contributed by atoms with E-state index < -0.39 is 0 Å². The van der Waals surface area contributed by atoms with Gasteiger partial charge in [0.15, 0.2) is 0 Å². The molecule has 38 heavy (non-hydrogen) atoms. The molecule has 6 rings (SSSR count). The largest absolute Gasteiger partial charge is 0.338 e. The van der Waals surface area contributed by atoms with Gasteiger partial charge in [0.05, 0.1) is 28.9 Å². The standard InChI is InChI=1S/C32H34N6/c1-4-22(15-23-9-7-6-8-10-23)16-24(5-2)25-11-12-28-26(17-25)31(37-36-28)29-18-27-30(13-14-33-32(27)35-29)38-19-21(3)34-20-38/h4-5,11-14,16-20,23H,1,6-10,15H2,2-3H3,(H,33,35)(H,36,37)/b22-16+,24-5+. The van der Waals surface area contributed by atoms with Crippen molar-refractivity contribution in [1.82, 2.24) is 29.7 Å². The first kappa shape index (κ1) is 24.2. The zero-order valence-electron chi connectivity index (χ0n) is 22.2. The molecule has 6 heteroatoms. The SMILES string of the molecule is C=C/C(=C\C(=C/C)c1ccc2[nH]nc(-c3cc4c(-n5cnc(C)c5)ccnc4[nH]3)c2c1)CC1CCCCC1. The molecule has 0 atom stereocenters. The van der Waals surface area contributed by atoms with E-state index in [4.69, 9.17) is 5.10 Å². The van der Waals surface area contributed by atoms with Crippen LogP contribution in [-0.4, -0.2) is 29.7 Å². The topological polar surface area (TPSA) is 75.2 Å². The third-order valence-electron chi connectivity index (χ3n) is 7.81. The van der Waals surface area contributed by atoms with E-state index in [-0.39, 0.29) is 0 Å². The van der Waals surface area contributed by atoms with Gasteiger partial charge >= 0.3 is 0 Å². The van der Waals surface area contributed by atoms with Gasteiger partial charge in [0, 0.05) is 23.2 Å². The van der Waals surface area contributed by atoms with E-state index in [1.807, 2.05) is 42.4 Å². The van der Waals surface area contributed by atoms with Crippen molar-refractivity contribution in [3.05, 3.63) is 90.7 Å². The predicted octanol–water partition coefficient (Wildman–Crippen LogP) is 8.09. The Kier molecular flexibility index (Phi) is 6.54. The number of hydrogen-bond acceptors (Lipinski definition) is 3. The molecule has 6 nitrogen and oxygen atoms in total. The van der Waals surface area contributed by atoms with Crippen molar-refractivity contribution in [1.29, 1.82) is 0 Å². The van der Waals surface area contributed by atoms with Gasteiger partial charge < -0.3 is 9.55 Å². The number of rotatable bonds is 7. The summed E-state index contributed by atoms with van der Waals surface area (Å²) in [5, 5.41) is 10.0. The van der Waals surface area contributed by atoms with Crippen molar-refractivity contribution in [3.8, 4) is 17.1 Å². The van der Waals surface area contributed by atoms with E-state index >= 15 is 0 Å². The Morgan fingerprint density at radius 2 is 1.97 bits per heavy atom. The fourth-order valence-electron chi connectivity index (χ4n) is 5.78. The highest BCUT2D eigenvalue weighted by Crippen LogP contribution is 2.34. The molecular formula is C32H34N6. The van der Waals surface area contributed by atoms with E-state index in [1.54, 1.807) is 0 Å². The molecule has 0 bridgehead atoms. The van der Waals surface area contributed by atoms with Crippen LogP contribution in [0.25, 0.3) is 44.6 Å². The van der Waals surface area contributed by atoms with Crippen LogP contribution in [0.2, 0.25) is 0 Å². The van der Waals surface area contributed by atoms with Crippen molar-refractivity contribution >= 4 is 27.5 Å². The van der Waals surface area contributed by atoms with Crippen LogP contribution in [0, 0.1) is 12.8 Å². The number of nitrogens with zero attached hydrogens (tertiary/aromatic N) is 4. The minimum absolute atomic E-state index is 0.779. The van der Waals surface area contributed by atoms with E-state index in [1.165, 1.54) is 48.8 Å². The van der Waals surface area contributed by atoms with Crippen molar-refractivity contribution in [2.24, 2.45) is 5.92 Å². The van der Waals surface area contributed by atoms with Gasteiger partial charge in [0.2, 0.25) is 0 Å². The minimum Gasteiger partial charge on any atom is -0.338 e. The summed E-state index contributed by atoms with van der Waals surface area (Å²) in [6.45, 7) is 8.23. The number of aryl methyl sites for hydroxylation is 1. The maximum atomic E-state index is 4.69. The molecule has 1 aliphatic rings. The summed E-state index contributed by atoms with van der Waals surface area (Å²) >= 11 is 0. The molecule has 0 amide bonds. The number of hydrogen-bond donors (Lipinski definition) is 2. The van der Waals surface area contributed by atoms with Crippen molar-refractivity contribution in [3.63, 3.8) is 0 Å². The summed E-state index contributed by atoms with van der Waals surface area (Å²) < 4.78 is 2.03. The number of fused-ring (bicyclic) bond motifs is 2. The van der Waals surface area contributed by atoms with Crippen LogP contribution < -0.4 is 0 Å². The lowest BCUT2D eigenvalue weighted by Gasteiger charge is -2.22. The molecule has 0 radical (unpaired) electrons. The van der Waals surface area contributed by atoms with Crippen LogP contribution in [0.1, 0.15) is 56.7 Å². The van der Waals surface area contributed by atoms with Gasteiger partial charge in [-0.1, -0.05) is 63.0 Å². The first-order valence-corrected chi connectivity index (χ1v) is 13.6. The molecule has 4 aromatic heterocycles. The first-order chi connectivity index (χ1) is 18.6. The second kappa shape index (κ2) is 10.3. The predicted molar refractivity (Wildman–Crippen MR) is 156 cm³/mol. The highest BCUT2D eigenvalue weighted by molar-refractivity contribution is 5.98. The molecular weight excluding hydrogens is 468 g/mol. The number of aromatic amines is 2. The Labute approximate surface area is 223 Å². The summed E-state index contributed by atoms with van der Waals surface area (Å²) in [7, 11) is 0. The number of imidazole rings is 1. The molecule has 2 N–H and O–H groups in total. The second-order valence-corrected chi connectivity index (χ2v) is 10.4. The molecule has 1 fully saturated rings. The van der Waals surface area contributed by atoms with Crippen LogP contribution in [0.3, 0.4) is 0 Å². The minimum atomic E-state index is 0.779. The zero-order chi connectivity index (χ0) is 26.1. The Morgan fingerprint density at radius 3 is 2.74 bits per heavy atom. The van der Waals surface area contributed by atoms with Crippen LogP contribution in [-0.2, 0) is 0 Å². The third kappa shape index (κ3) is 4.62. The quantitative estimate of drug-likeness (QED) is 0.221. The number of benzene rings is 1. The number of aromatic nitrogens is 6. The molecule has 192 valence electrons. The first-order valence-electron chi connectivity index (χ1n) is 13.6. The molecule has 1 aliphatic carbocycles. The lowest BCUT2D eigenvalue weighted by atomic mass is 9.84. The molecule has 0 spiro atoms. The van der Waals surface area contributed by atoms with Gasteiger partial charge in [-0.05, 0) is 67.2 Å². The van der Waals surface area contributed by atoms with E-state index in [9.17, 15) is 0 Å². The van der Waals surface area contributed by atoms with Crippen LogP contribution in [0.15, 0.2) is 79.4 Å². The second-order valence-electron chi connectivity index (χ2n) is 10.4. The fraction of sp³-hybridized carbons (Fsp3) is 0.281. The Bertz CT molecular complexity index is 1670. The average molecular weight is 503 g/mol. The van der Waals surface area contributed by atoms with Gasteiger partial charge in [0.1, 0.15) is 11.3 Å². The van der Waals surface area contributed by atoms with Gasteiger partial charge in [0.25, 0.3) is 0 Å². The number of nitrogens with one attached hydrogen (secondary N) is 2. The Balaban J connectivity index is 1.36. The van der Waals surface area contributed by atoms with Crippen molar-refractivity contribution < 1.29 is 0 Å². The average Bonchev–Trinajstić information content (AvgIpc) is 3.68. The lowest BCUT2D eigenvalue weighted by molar-refractivity contribution is 0.358. The van der Waals surface area contributed by atoms with Gasteiger partial charge in [-0.15, -0.1) is 0 Å². The molecule has 0 aliphatic heterocycles. The van der Waals surface area contributed by atoms with E-state index in [2.05, 4.69) is 70.0 Å². The number of H-pyrrole nitrogens is 2. The number of allylic oxidation sites excluding steroid dienone is 5. The maximum Gasteiger partial charge on any atom is 0.139 e. The molecule has 5 aromatic rings. The molecule has 1 saturated carbocycles. The summed E-state index contributed by atoms with van der Waals surface area (Å²) in [5.41, 5.74) is 9.37. The maximum absolute atomic E-state index is 4.69. The number of pyridine rings is 1. The Hall–Kier alpha value is -4.19. The fourth-order valence-corrected chi connectivity index (χ4v) is 5.78. The van der Waals surface area contributed by atoms with Crippen LogP contribution >= 0.6 is 0 Å². The van der Waals surface area contributed by atoms with Crippen molar-refractivity contribution in [2.75, 3.05) is 0 Å². The van der Waals surface area contributed by atoms with Crippen molar-refractivity contribution in [2.45, 2.75) is 52.4 Å². The summed E-state index contributed by atoms with van der Waals surface area (Å²) in [6.07, 6.45) is 20.1. The zero-order valence-corrected chi connectivity index (χ0v) is 22.2. The third-order valence-corrected chi connectivity index (χ3v) is 7.81. The molecule has 1 aromatic carbocycles. The Morgan fingerprint density at radius 1 is 1.11 bits per heavy atom. The summed E-state index contributed by atoms with van der Waals surface area (Å²) in [5.74, 6) is 0.779. The normalized spacial score (nSPS) is 15.5. The van der Waals surface area contributed by atoms with Gasteiger partial charge in [-0.2, -0.15) is 5.10 Å². The monoisotopic (exact) mass is 502 g/mol. The van der Waals surface area contributed by atoms with Crippen LogP contribution in [0.4, 0.5) is 0 Å². The van der Waals surface area contributed by atoms with Gasteiger partial charge in [-0.3, -0.25) is 5.10 Å². The van der Waals surface area contributed by atoms with Gasteiger partial charge in [-0.25, -0.2) is 9.97 Å². The molecule has 4 heterocycles. The lowest BCUT2D eigenvalue weighted by Crippen LogP contribution is -2.06. The molecule has 0 saturated heterocycles. The highest BCUT2D eigenvalue weighted by Gasteiger charge is 2.17. The summed E-state index contributed by atoms with van der Waals surface area (Å²) in [4.78, 5) is 12.5. The highest BCUT2D eigenvalue weighted by atomic mass is 15.1.